The van der Waals surface area contributed by atoms with Crippen molar-refractivity contribution in [1.82, 2.24) is 0 Å². The largest absolute Gasteiger partial charge is 0.298 e. The Morgan fingerprint density at radius 2 is 2.23 bits per heavy atom. The van der Waals surface area contributed by atoms with Crippen molar-refractivity contribution in [2.45, 2.75) is 11.1 Å². The molecule has 5 nitrogen and oxygen atoms in total. The molecule has 0 amide bonds. The molecule has 0 unspecified atom stereocenters. The minimum Gasteiger partial charge on any atom is -0.258 e. The topological polar surface area (TPSA) is 77.3 Å². The molecule has 0 radical (unpaired) electrons. The summed E-state index contributed by atoms with van der Waals surface area (Å²) in [5.41, 5.74) is -0.327. The summed E-state index contributed by atoms with van der Waals surface area (Å²) in [4.78, 5) is 9.71. The molecule has 0 N–H and O–H groups in total. The lowest BCUT2D eigenvalue weighted by Crippen LogP contribution is -2.03. The molecule has 0 aromatic carbocycles. The molecule has 1 rings (SSSR count). The van der Waals surface area contributed by atoms with Gasteiger partial charge < -0.3 is 0 Å². The van der Waals surface area contributed by atoms with E-state index in [0.29, 0.717) is 0 Å². The SMILES string of the molecule is CCS(=O)(=O)c1sccc1[N+](=O)[O-]. The third-order valence-corrected chi connectivity index (χ3v) is 4.75. The number of hydrogen-bond acceptors (Lipinski definition) is 5. The molecule has 0 atom stereocenters. The molecular weight excluding hydrogens is 214 g/mol. The molecule has 7 heteroatoms. The first-order valence-electron chi connectivity index (χ1n) is 3.43. The summed E-state index contributed by atoms with van der Waals surface area (Å²) in [7, 11) is -3.45. The van der Waals surface area contributed by atoms with Crippen LogP contribution in [0.3, 0.4) is 0 Å². The molecule has 0 aliphatic rings. The van der Waals surface area contributed by atoms with Crippen molar-refractivity contribution >= 4 is 26.9 Å². The first-order valence-corrected chi connectivity index (χ1v) is 5.97. The summed E-state index contributed by atoms with van der Waals surface area (Å²) in [5, 5.41) is 11.8. The van der Waals surface area contributed by atoms with E-state index in [4.69, 9.17) is 0 Å². The van der Waals surface area contributed by atoms with Crippen molar-refractivity contribution in [2.75, 3.05) is 5.75 Å². The smallest absolute Gasteiger partial charge is 0.258 e. The second kappa shape index (κ2) is 3.43. The van der Waals surface area contributed by atoms with Crippen LogP contribution >= 0.6 is 11.3 Å². The Hall–Kier alpha value is -0.950. The molecule has 0 saturated carbocycles. The minimum absolute atomic E-state index is 0.117. The van der Waals surface area contributed by atoms with Crippen LogP contribution in [0.15, 0.2) is 15.7 Å². The Kier molecular flexibility index (Phi) is 2.67. The molecule has 1 heterocycles. The molecular formula is C6H7NO4S2. The molecule has 0 aliphatic carbocycles. The van der Waals surface area contributed by atoms with E-state index >= 15 is 0 Å². The van der Waals surface area contributed by atoms with Crippen LogP contribution in [0, 0.1) is 10.1 Å². The predicted octanol–water partition coefficient (Wildman–Crippen LogP) is 1.45. The van der Waals surface area contributed by atoms with Gasteiger partial charge in [-0.2, -0.15) is 0 Å². The van der Waals surface area contributed by atoms with Gasteiger partial charge in [0.1, 0.15) is 0 Å². The van der Waals surface area contributed by atoms with Gasteiger partial charge in [0, 0.05) is 6.07 Å². The normalized spacial score (nSPS) is 11.5. The quantitative estimate of drug-likeness (QED) is 0.571. The van der Waals surface area contributed by atoms with Crippen LogP contribution in [0.25, 0.3) is 0 Å². The molecule has 0 saturated heterocycles. The molecule has 0 spiro atoms. The number of thiophene rings is 1. The van der Waals surface area contributed by atoms with E-state index in [-0.39, 0.29) is 15.6 Å². The summed E-state index contributed by atoms with van der Waals surface area (Å²) >= 11 is 0.880. The average Bonchev–Trinajstić information content (AvgIpc) is 2.52. The van der Waals surface area contributed by atoms with Crippen LogP contribution in [0.1, 0.15) is 6.92 Å². The van der Waals surface area contributed by atoms with Crippen LogP contribution in [0.5, 0.6) is 0 Å². The van der Waals surface area contributed by atoms with E-state index in [2.05, 4.69) is 0 Å². The second-order valence-corrected chi connectivity index (χ2v) is 5.64. The lowest BCUT2D eigenvalue weighted by molar-refractivity contribution is -0.387. The summed E-state index contributed by atoms with van der Waals surface area (Å²) in [6.45, 7) is 1.46. The number of rotatable bonds is 3. The zero-order chi connectivity index (χ0) is 10.1. The maximum atomic E-state index is 11.3. The van der Waals surface area contributed by atoms with Gasteiger partial charge in [0.05, 0.1) is 10.7 Å². The fourth-order valence-corrected chi connectivity index (χ4v) is 3.20. The van der Waals surface area contributed by atoms with Crippen molar-refractivity contribution in [3.63, 3.8) is 0 Å². The third-order valence-electron chi connectivity index (χ3n) is 1.47. The van der Waals surface area contributed by atoms with E-state index in [1.807, 2.05) is 0 Å². The van der Waals surface area contributed by atoms with Gasteiger partial charge in [-0.3, -0.25) is 10.1 Å². The maximum Gasteiger partial charge on any atom is 0.298 e. The molecule has 0 aliphatic heterocycles. The Balaban J connectivity index is 3.31. The fourth-order valence-electron chi connectivity index (χ4n) is 0.788. The van der Waals surface area contributed by atoms with Gasteiger partial charge in [-0.1, -0.05) is 6.92 Å². The number of nitrogens with zero attached hydrogens (tertiary/aromatic N) is 1. The van der Waals surface area contributed by atoms with Gasteiger partial charge in [0.2, 0.25) is 0 Å². The van der Waals surface area contributed by atoms with Gasteiger partial charge in [-0.15, -0.1) is 11.3 Å². The summed E-state index contributed by atoms with van der Waals surface area (Å²) in [5.74, 6) is -0.117. The predicted molar refractivity (Wildman–Crippen MR) is 48.7 cm³/mol. The Bertz CT molecular complexity index is 420. The lowest BCUT2D eigenvalue weighted by atomic mass is 10.6. The molecule has 72 valence electrons. The Morgan fingerprint density at radius 3 is 2.69 bits per heavy atom. The summed E-state index contributed by atoms with van der Waals surface area (Å²) < 4.78 is 22.4. The van der Waals surface area contributed by atoms with Gasteiger partial charge >= 0.3 is 0 Å². The van der Waals surface area contributed by atoms with Crippen molar-refractivity contribution in [1.29, 1.82) is 0 Å². The third kappa shape index (κ3) is 1.86. The van der Waals surface area contributed by atoms with Crippen LogP contribution in [-0.2, 0) is 9.84 Å². The van der Waals surface area contributed by atoms with Gasteiger partial charge in [-0.05, 0) is 5.38 Å². The van der Waals surface area contributed by atoms with Crippen molar-refractivity contribution in [3.05, 3.63) is 21.6 Å². The molecule has 0 bridgehead atoms. The summed E-state index contributed by atoms with van der Waals surface area (Å²) in [6, 6.07) is 1.20. The number of nitro groups is 1. The highest BCUT2D eigenvalue weighted by Gasteiger charge is 2.25. The first kappa shape index (κ1) is 10.1. The molecule has 0 fully saturated rings. The molecule has 1 aromatic heterocycles. The summed E-state index contributed by atoms with van der Waals surface area (Å²) in [6.07, 6.45) is 0. The van der Waals surface area contributed by atoms with Gasteiger partial charge in [0.25, 0.3) is 5.69 Å². The van der Waals surface area contributed by atoms with Crippen molar-refractivity contribution in [2.24, 2.45) is 0 Å². The highest BCUT2D eigenvalue weighted by atomic mass is 32.2. The number of sulfone groups is 1. The lowest BCUT2D eigenvalue weighted by Gasteiger charge is -1.95. The molecule has 13 heavy (non-hydrogen) atoms. The van der Waals surface area contributed by atoms with Crippen molar-refractivity contribution in [3.8, 4) is 0 Å². The Labute approximate surface area is 79.1 Å². The van der Waals surface area contributed by atoms with Crippen LogP contribution in [0.4, 0.5) is 5.69 Å². The highest BCUT2D eigenvalue weighted by molar-refractivity contribution is 7.93. The van der Waals surface area contributed by atoms with E-state index < -0.39 is 14.8 Å². The van der Waals surface area contributed by atoms with Crippen molar-refractivity contribution < 1.29 is 13.3 Å². The van der Waals surface area contributed by atoms with E-state index in [0.717, 1.165) is 11.3 Å². The van der Waals surface area contributed by atoms with Crippen LogP contribution in [0.2, 0.25) is 0 Å². The first-order chi connectivity index (χ1) is 5.99. The molecule has 1 aromatic rings. The van der Waals surface area contributed by atoms with Crippen LogP contribution < -0.4 is 0 Å². The minimum atomic E-state index is -3.45. The van der Waals surface area contributed by atoms with E-state index in [9.17, 15) is 18.5 Å². The highest BCUT2D eigenvalue weighted by Crippen LogP contribution is 2.29. The maximum absolute atomic E-state index is 11.3. The zero-order valence-electron chi connectivity index (χ0n) is 6.76. The Morgan fingerprint density at radius 1 is 1.62 bits per heavy atom. The zero-order valence-corrected chi connectivity index (χ0v) is 8.39. The standard InChI is InChI=1S/C6H7NO4S2/c1-2-13(10,11)6-5(7(8)9)3-4-12-6/h3-4H,2H2,1H3. The average molecular weight is 221 g/mol. The van der Waals surface area contributed by atoms with Gasteiger partial charge in [-0.25, -0.2) is 8.42 Å². The fraction of sp³-hybridized carbons (Fsp3) is 0.333. The monoisotopic (exact) mass is 221 g/mol. The van der Waals surface area contributed by atoms with Gasteiger partial charge in [0.15, 0.2) is 14.0 Å². The number of hydrogen-bond donors (Lipinski definition) is 0. The second-order valence-electron chi connectivity index (χ2n) is 2.25. The van der Waals surface area contributed by atoms with Crippen LogP contribution in [-0.4, -0.2) is 19.1 Å². The van der Waals surface area contributed by atoms with E-state index in [1.165, 1.54) is 18.4 Å². The van der Waals surface area contributed by atoms with E-state index in [1.54, 1.807) is 0 Å².